The van der Waals surface area contributed by atoms with Gasteiger partial charge < -0.3 is 24.4 Å². The van der Waals surface area contributed by atoms with Crippen LogP contribution in [-0.4, -0.2) is 65.2 Å². The smallest absolute Gasteiger partial charge is 0.410 e. The van der Waals surface area contributed by atoms with Crippen LogP contribution in [0.1, 0.15) is 20.8 Å². The van der Waals surface area contributed by atoms with Gasteiger partial charge >= 0.3 is 12.1 Å². The maximum Gasteiger partial charge on any atom is 0.410 e. The van der Waals surface area contributed by atoms with Gasteiger partial charge in [-0.25, -0.2) is 4.79 Å². The van der Waals surface area contributed by atoms with E-state index in [9.17, 15) is 19.5 Å². The summed E-state index contributed by atoms with van der Waals surface area (Å²) in [4.78, 5) is 36.7. The third-order valence-corrected chi connectivity index (χ3v) is 3.74. The zero-order valence-corrected chi connectivity index (χ0v) is 14.6. The minimum absolute atomic E-state index is 0. The molecule has 1 atom stereocenters. The molecular formula is C13H19FmN2O5-. The Labute approximate surface area is 117 Å². The molecule has 2 fully saturated rings. The molecule has 0 aliphatic carbocycles. The number of nitrogens with zero attached hydrogens (tertiary/aromatic N) is 2. The maximum absolute atomic E-state index is 11.9. The SMILES string of the molecule is CC(C)(C)OC(=O)N1CC2(CN([C-]=O)CC2C(=O)O)C1.[Fm]. The van der Waals surface area contributed by atoms with Crippen molar-refractivity contribution in [1.82, 2.24) is 9.80 Å². The predicted octanol–water partition coefficient (Wildman–Crippen LogP) is 0.307. The molecule has 21 heavy (non-hydrogen) atoms. The van der Waals surface area contributed by atoms with Gasteiger partial charge in [0.25, 0.3) is 0 Å². The van der Waals surface area contributed by atoms with Crippen molar-refractivity contribution >= 4 is 18.5 Å². The molecule has 1 N–H and O–H groups in total. The van der Waals surface area contributed by atoms with Crippen molar-refractivity contribution in [3.8, 4) is 0 Å². The summed E-state index contributed by atoms with van der Waals surface area (Å²) in [7, 11) is 0. The van der Waals surface area contributed by atoms with Crippen molar-refractivity contribution < 1.29 is 24.2 Å². The molecule has 0 aromatic heterocycles. The molecule has 2 aliphatic heterocycles. The first-order valence-corrected chi connectivity index (χ1v) is 6.50. The first-order chi connectivity index (χ1) is 9.17. The second kappa shape index (κ2) is 4.96. The number of rotatable bonds is 2. The van der Waals surface area contributed by atoms with Gasteiger partial charge in [-0.1, -0.05) is 0 Å². The summed E-state index contributed by atoms with van der Waals surface area (Å²) < 4.78 is 5.24. The van der Waals surface area contributed by atoms with E-state index in [4.69, 9.17) is 4.74 Å². The average Bonchev–Trinajstić information content (AvgIpc) is 2.63. The van der Waals surface area contributed by atoms with Gasteiger partial charge in [0.05, 0.1) is 5.92 Å². The van der Waals surface area contributed by atoms with Crippen LogP contribution in [0.3, 0.4) is 0 Å². The van der Waals surface area contributed by atoms with Gasteiger partial charge in [-0.2, -0.15) is 6.41 Å². The summed E-state index contributed by atoms with van der Waals surface area (Å²) in [6.07, 6.45) is 1.30. The fraction of sp³-hybridized carbons (Fsp3) is 0.769. The molecule has 0 bridgehead atoms. The van der Waals surface area contributed by atoms with E-state index >= 15 is 0 Å². The van der Waals surface area contributed by atoms with Crippen LogP contribution in [0.15, 0.2) is 0 Å². The van der Waals surface area contributed by atoms with Crippen LogP contribution >= 0.6 is 0 Å². The molecule has 2 saturated heterocycles. The molecule has 2 aliphatic rings. The minimum atomic E-state index is -0.938. The van der Waals surface area contributed by atoms with E-state index in [0.29, 0.717) is 19.6 Å². The number of carboxylic acid groups (broad SMARTS) is 1. The van der Waals surface area contributed by atoms with Crippen molar-refractivity contribution in [2.45, 2.75) is 26.4 Å². The molecular weight excluding hydrogens is 521 g/mol. The minimum Gasteiger partial charge on any atom is -0.520 e. The molecule has 0 aromatic rings. The summed E-state index contributed by atoms with van der Waals surface area (Å²) in [5.41, 5.74) is -1.13. The van der Waals surface area contributed by atoms with Gasteiger partial charge in [-0.15, -0.1) is 0 Å². The van der Waals surface area contributed by atoms with Crippen molar-refractivity contribution in [3.63, 3.8) is 0 Å². The Kier molecular flexibility index (Phi) is 3.84. The number of ether oxygens (including phenoxy) is 1. The molecule has 0 aromatic carbocycles. The number of carbonyl (C=O) groups is 2. The average molecular weight is 540 g/mol. The standard InChI is InChI=1S/C13H19N2O5.Fm/c1-12(2,3)20-11(19)15-6-13(7-15)5-14(8-16)4-9(13)10(17)18;/h9H,4-7H2,1-3H3,(H,17,18);/q-1;. The van der Waals surface area contributed by atoms with Gasteiger partial charge in [-0.05, 0) is 27.3 Å². The van der Waals surface area contributed by atoms with Crippen molar-refractivity contribution in [2.24, 2.45) is 11.3 Å². The van der Waals surface area contributed by atoms with E-state index in [-0.39, 0.29) is 6.54 Å². The maximum atomic E-state index is 11.9. The quantitative estimate of drug-likeness (QED) is 0.510. The summed E-state index contributed by atoms with van der Waals surface area (Å²) in [5.74, 6) is -1.59. The second-order valence-corrected chi connectivity index (χ2v) is 6.56. The van der Waals surface area contributed by atoms with E-state index in [0.717, 1.165) is 0 Å². The van der Waals surface area contributed by atoms with Crippen LogP contribution in [0.2, 0.25) is 0 Å². The first-order valence-electron chi connectivity index (χ1n) is 6.50. The number of amides is 2. The van der Waals surface area contributed by atoms with E-state index in [1.165, 1.54) is 9.80 Å². The Morgan fingerprint density at radius 1 is 1.29 bits per heavy atom. The Bertz CT molecular complexity index is 442. The number of hydrogen-bond acceptors (Lipinski definition) is 4. The molecule has 2 amide bonds. The van der Waals surface area contributed by atoms with E-state index in [2.05, 4.69) is 0 Å². The number of carbonyl (C=O) groups excluding carboxylic acids is 2. The van der Waals surface area contributed by atoms with E-state index in [1.807, 2.05) is 0 Å². The van der Waals surface area contributed by atoms with Gasteiger partial charge in [0, 0.05) is 25.0 Å². The van der Waals surface area contributed by atoms with Crippen LogP contribution < -0.4 is 0 Å². The number of likely N-dealkylation sites (tertiary alicyclic amines) is 2. The third kappa shape index (κ3) is 2.88. The molecule has 7 nitrogen and oxygen atoms in total. The van der Waals surface area contributed by atoms with Gasteiger partial charge in [0.2, 0.25) is 0 Å². The molecule has 0 saturated carbocycles. The van der Waals surface area contributed by atoms with E-state index in [1.54, 1.807) is 27.2 Å². The van der Waals surface area contributed by atoms with Crippen molar-refractivity contribution in [3.05, 3.63) is 0 Å². The van der Waals surface area contributed by atoms with Crippen molar-refractivity contribution in [2.75, 3.05) is 26.2 Å². The summed E-state index contributed by atoms with van der Waals surface area (Å²) in [6.45, 7) is 6.42. The van der Waals surface area contributed by atoms with Crippen molar-refractivity contribution in [1.29, 1.82) is 0 Å². The van der Waals surface area contributed by atoms with Crippen LogP contribution in [0.4, 0.5) is 4.79 Å². The Morgan fingerprint density at radius 2 is 1.86 bits per heavy atom. The van der Waals surface area contributed by atoms with Crippen LogP contribution in [0.25, 0.3) is 0 Å². The van der Waals surface area contributed by atoms with Gasteiger partial charge in [0.15, 0.2) is 0 Å². The Morgan fingerprint density at radius 3 is 2.29 bits per heavy atom. The molecule has 0 radical (unpaired) electrons. The summed E-state index contributed by atoms with van der Waals surface area (Å²) >= 11 is 0. The molecule has 1 spiro atoms. The summed E-state index contributed by atoms with van der Waals surface area (Å²) in [5, 5.41) is 9.25. The van der Waals surface area contributed by atoms with Crippen LogP contribution in [-0.2, 0) is 14.3 Å². The molecule has 8 heteroatoms. The number of aliphatic carboxylic acids is 1. The molecule has 124 valence electrons. The van der Waals surface area contributed by atoms with Gasteiger partial charge in [-0.3, -0.25) is 4.79 Å². The summed E-state index contributed by atoms with van der Waals surface area (Å²) in [6, 6.07) is 0. The monoisotopic (exact) mass is 540 g/mol. The zero-order chi connectivity index (χ0) is 15.1. The molecule has 2 heterocycles. The third-order valence-electron chi connectivity index (χ3n) is 3.74. The van der Waals surface area contributed by atoms with Crippen LogP contribution in [0.5, 0.6) is 0 Å². The Balaban J connectivity index is 0.00000220. The fourth-order valence-electron chi connectivity index (χ4n) is 2.87. The first kappa shape index (κ1) is 16.3. The largest absolute Gasteiger partial charge is 0.520 e. The predicted molar refractivity (Wildman–Crippen MR) is 68.6 cm³/mol. The number of carboxylic acids is 1. The van der Waals surface area contributed by atoms with E-state index < -0.39 is 29.0 Å². The Hall–Kier alpha value is -2.79. The van der Waals surface area contributed by atoms with Gasteiger partial charge in [0.1, 0.15) is 5.60 Å². The van der Waals surface area contributed by atoms with Crippen LogP contribution in [0, 0.1) is 11.3 Å². The topological polar surface area (TPSA) is 87.2 Å². The number of hydrogen-bond donors (Lipinski definition) is 1. The zero-order valence-electron chi connectivity index (χ0n) is 12.2. The fourth-order valence-corrected chi connectivity index (χ4v) is 2.87. The second-order valence-electron chi connectivity index (χ2n) is 6.56. The normalized spacial score (nSPS) is 23.3. The molecule has 1 unspecified atom stereocenters. The molecule has 2 rings (SSSR count).